The summed E-state index contributed by atoms with van der Waals surface area (Å²) in [6.07, 6.45) is 3.62. The standard InChI is InChI=1S/C21H23F2N5/c1-3-24-21(25-14-17-12-18(22)8-9-20(17)23)27-15(2)16-6-4-7-19(13-16)28-11-5-10-26-28/h4-13,15H,3,14H2,1-2H3,(H2,24,25,27). The zero-order valence-electron chi connectivity index (χ0n) is 15.9. The SMILES string of the molecule is CCNC(=NCc1cc(F)ccc1F)NC(C)c1cccc(-n2cccn2)c1. The van der Waals surface area contributed by atoms with E-state index in [4.69, 9.17) is 0 Å². The molecule has 2 aromatic carbocycles. The molecule has 0 spiro atoms. The number of hydrogen-bond donors (Lipinski definition) is 2. The Morgan fingerprint density at radius 1 is 1.18 bits per heavy atom. The normalized spacial score (nSPS) is 12.6. The zero-order valence-corrected chi connectivity index (χ0v) is 15.9. The van der Waals surface area contributed by atoms with Crippen molar-refractivity contribution in [2.45, 2.75) is 26.4 Å². The minimum absolute atomic E-state index is 0.0406. The highest BCUT2D eigenvalue weighted by atomic mass is 19.1. The zero-order chi connectivity index (χ0) is 19.9. The number of nitrogens with zero attached hydrogens (tertiary/aromatic N) is 3. The van der Waals surface area contributed by atoms with Gasteiger partial charge in [0.1, 0.15) is 11.6 Å². The van der Waals surface area contributed by atoms with Crippen LogP contribution < -0.4 is 10.6 Å². The predicted octanol–water partition coefficient (Wildman–Crippen LogP) is 3.97. The molecule has 0 aliphatic heterocycles. The van der Waals surface area contributed by atoms with E-state index in [9.17, 15) is 8.78 Å². The monoisotopic (exact) mass is 383 g/mol. The largest absolute Gasteiger partial charge is 0.357 e. The van der Waals surface area contributed by atoms with E-state index in [1.54, 1.807) is 10.9 Å². The summed E-state index contributed by atoms with van der Waals surface area (Å²) in [7, 11) is 0. The van der Waals surface area contributed by atoms with Crippen molar-refractivity contribution in [1.82, 2.24) is 20.4 Å². The number of guanidine groups is 1. The summed E-state index contributed by atoms with van der Waals surface area (Å²) in [4.78, 5) is 4.39. The van der Waals surface area contributed by atoms with Crippen LogP contribution in [0.5, 0.6) is 0 Å². The minimum Gasteiger partial charge on any atom is -0.357 e. The van der Waals surface area contributed by atoms with Crippen LogP contribution in [0, 0.1) is 11.6 Å². The van der Waals surface area contributed by atoms with Crippen molar-refractivity contribution in [3.8, 4) is 5.69 Å². The van der Waals surface area contributed by atoms with E-state index < -0.39 is 11.6 Å². The van der Waals surface area contributed by atoms with Crippen LogP contribution in [0.4, 0.5) is 8.78 Å². The number of aliphatic imine (C=N–C) groups is 1. The Balaban J connectivity index is 1.74. The summed E-state index contributed by atoms with van der Waals surface area (Å²) in [5.74, 6) is -0.419. The second-order valence-corrected chi connectivity index (χ2v) is 6.34. The predicted molar refractivity (Wildman–Crippen MR) is 106 cm³/mol. The molecule has 3 rings (SSSR count). The number of nitrogens with one attached hydrogen (secondary N) is 2. The van der Waals surface area contributed by atoms with Crippen molar-refractivity contribution >= 4 is 5.96 Å². The van der Waals surface area contributed by atoms with Gasteiger partial charge in [0.25, 0.3) is 0 Å². The van der Waals surface area contributed by atoms with Gasteiger partial charge >= 0.3 is 0 Å². The molecule has 0 bridgehead atoms. The lowest BCUT2D eigenvalue weighted by atomic mass is 10.1. The van der Waals surface area contributed by atoms with Gasteiger partial charge in [0.05, 0.1) is 18.3 Å². The lowest BCUT2D eigenvalue weighted by Gasteiger charge is -2.19. The molecular formula is C21H23F2N5. The summed E-state index contributed by atoms with van der Waals surface area (Å²) < 4.78 is 29.0. The Morgan fingerprint density at radius 2 is 2.04 bits per heavy atom. The molecule has 0 radical (unpaired) electrons. The van der Waals surface area contributed by atoms with Gasteiger partial charge in [-0.25, -0.2) is 18.5 Å². The van der Waals surface area contributed by atoms with Gasteiger partial charge in [0.15, 0.2) is 5.96 Å². The second-order valence-electron chi connectivity index (χ2n) is 6.34. The average Bonchev–Trinajstić information content (AvgIpc) is 3.23. The first-order valence-corrected chi connectivity index (χ1v) is 9.15. The molecule has 0 aliphatic carbocycles. The molecule has 5 nitrogen and oxygen atoms in total. The summed E-state index contributed by atoms with van der Waals surface area (Å²) in [6, 6.07) is 13.2. The number of aromatic nitrogens is 2. The van der Waals surface area contributed by atoms with Crippen molar-refractivity contribution in [3.05, 3.63) is 83.7 Å². The summed E-state index contributed by atoms with van der Waals surface area (Å²) >= 11 is 0. The molecule has 0 amide bonds. The van der Waals surface area contributed by atoms with Gasteiger partial charge in [-0.05, 0) is 55.8 Å². The van der Waals surface area contributed by atoms with E-state index in [0.29, 0.717) is 12.5 Å². The summed E-state index contributed by atoms with van der Waals surface area (Å²) in [5.41, 5.74) is 2.22. The molecule has 1 atom stereocenters. The highest BCUT2D eigenvalue weighted by molar-refractivity contribution is 5.80. The van der Waals surface area contributed by atoms with Crippen LogP contribution in [0.1, 0.15) is 31.0 Å². The molecule has 7 heteroatoms. The van der Waals surface area contributed by atoms with Gasteiger partial charge in [0.2, 0.25) is 0 Å². The van der Waals surface area contributed by atoms with E-state index in [1.807, 2.05) is 50.4 Å². The molecule has 0 aliphatic rings. The molecule has 1 unspecified atom stereocenters. The fourth-order valence-corrected chi connectivity index (χ4v) is 2.80. The average molecular weight is 383 g/mol. The first-order valence-electron chi connectivity index (χ1n) is 9.15. The van der Waals surface area contributed by atoms with Crippen LogP contribution in [-0.2, 0) is 6.54 Å². The lowest BCUT2D eigenvalue weighted by molar-refractivity contribution is 0.585. The highest BCUT2D eigenvalue weighted by Gasteiger charge is 2.10. The molecule has 0 saturated carbocycles. The molecule has 3 aromatic rings. The van der Waals surface area contributed by atoms with Crippen molar-refractivity contribution < 1.29 is 8.78 Å². The highest BCUT2D eigenvalue weighted by Crippen LogP contribution is 2.17. The van der Waals surface area contributed by atoms with E-state index in [2.05, 4.69) is 20.7 Å². The number of rotatable bonds is 6. The van der Waals surface area contributed by atoms with Gasteiger partial charge < -0.3 is 10.6 Å². The third-order valence-corrected chi connectivity index (χ3v) is 4.25. The van der Waals surface area contributed by atoms with Crippen molar-refractivity contribution in [2.24, 2.45) is 4.99 Å². The summed E-state index contributed by atoms with van der Waals surface area (Å²) in [5, 5.41) is 10.7. The van der Waals surface area contributed by atoms with Gasteiger partial charge in [0, 0.05) is 24.5 Å². The number of benzene rings is 2. The lowest BCUT2D eigenvalue weighted by Crippen LogP contribution is -2.38. The van der Waals surface area contributed by atoms with Gasteiger partial charge in [-0.2, -0.15) is 5.10 Å². The van der Waals surface area contributed by atoms with Crippen molar-refractivity contribution in [3.63, 3.8) is 0 Å². The Morgan fingerprint density at radius 3 is 2.79 bits per heavy atom. The first-order chi connectivity index (χ1) is 13.6. The van der Waals surface area contributed by atoms with Crippen LogP contribution >= 0.6 is 0 Å². The molecule has 0 fully saturated rings. The molecule has 1 aromatic heterocycles. The minimum atomic E-state index is -0.478. The molecule has 1 heterocycles. The summed E-state index contributed by atoms with van der Waals surface area (Å²) in [6.45, 7) is 4.65. The molecule has 2 N–H and O–H groups in total. The van der Waals surface area contributed by atoms with Crippen LogP contribution in [0.3, 0.4) is 0 Å². The van der Waals surface area contributed by atoms with E-state index in [-0.39, 0.29) is 18.2 Å². The smallest absolute Gasteiger partial charge is 0.192 e. The Labute approximate surface area is 163 Å². The van der Waals surface area contributed by atoms with Crippen molar-refractivity contribution in [1.29, 1.82) is 0 Å². The molecular weight excluding hydrogens is 360 g/mol. The Kier molecular flexibility index (Phi) is 6.37. The van der Waals surface area contributed by atoms with E-state index >= 15 is 0 Å². The van der Waals surface area contributed by atoms with Gasteiger partial charge in [-0.15, -0.1) is 0 Å². The van der Waals surface area contributed by atoms with Crippen LogP contribution in [-0.4, -0.2) is 22.3 Å². The topological polar surface area (TPSA) is 54.2 Å². The maximum atomic E-state index is 13.8. The Bertz CT molecular complexity index is 938. The molecule has 0 saturated heterocycles. The quantitative estimate of drug-likeness (QED) is 0.500. The van der Waals surface area contributed by atoms with Gasteiger partial charge in [-0.1, -0.05) is 12.1 Å². The Hall–Kier alpha value is -3.22. The third-order valence-electron chi connectivity index (χ3n) is 4.25. The third kappa shape index (κ3) is 4.94. The first kappa shape index (κ1) is 19.5. The second kappa shape index (κ2) is 9.12. The molecule has 146 valence electrons. The van der Waals surface area contributed by atoms with E-state index in [0.717, 1.165) is 23.4 Å². The maximum absolute atomic E-state index is 13.8. The fraction of sp³-hybridized carbons (Fsp3) is 0.238. The fourth-order valence-electron chi connectivity index (χ4n) is 2.80. The number of halogens is 2. The van der Waals surface area contributed by atoms with E-state index in [1.165, 1.54) is 6.07 Å². The molecule has 28 heavy (non-hydrogen) atoms. The van der Waals surface area contributed by atoms with Gasteiger partial charge in [-0.3, -0.25) is 0 Å². The maximum Gasteiger partial charge on any atom is 0.192 e. The van der Waals surface area contributed by atoms with Crippen LogP contribution in [0.2, 0.25) is 0 Å². The van der Waals surface area contributed by atoms with Crippen LogP contribution in [0.15, 0.2) is 65.9 Å². The van der Waals surface area contributed by atoms with Crippen LogP contribution in [0.25, 0.3) is 5.69 Å². The van der Waals surface area contributed by atoms with Crippen molar-refractivity contribution in [2.75, 3.05) is 6.54 Å². The number of hydrogen-bond acceptors (Lipinski definition) is 2.